The number of halogens is 1. The molecule has 0 unspecified atom stereocenters. The predicted molar refractivity (Wildman–Crippen MR) is 43.1 cm³/mol. The summed E-state index contributed by atoms with van der Waals surface area (Å²) in [5, 5.41) is 0.618. The summed E-state index contributed by atoms with van der Waals surface area (Å²) in [5.74, 6) is 0. The Balaban J connectivity index is 3.34. The molecule has 0 aliphatic heterocycles. The first-order chi connectivity index (χ1) is 4.63. The Kier molecular flexibility index (Phi) is 1.81. The van der Waals surface area contributed by atoms with Crippen LogP contribution >= 0.6 is 11.6 Å². The van der Waals surface area contributed by atoms with Crippen molar-refractivity contribution in [2.75, 3.05) is 5.73 Å². The maximum Gasteiger partial charge on any atom is 0.0698 e. The number of pyridine rings is 1. The minimum absolute atomic E-state index is 0.546. The Morgan fingerprint density at radius 1 is 1.50 bits per heavy atom. The quantitative estimate of drug-likeness (QED) is 0.624. The van der Waals surface area contributed by atoms with Crippen molar-refractivity contribution in [3.8, 4) is 0 Å². The van der Waals surface area contributed by atoms with Crippen LogP contribution < -0.4 is 5.73 Å². The summed E-state index contributed by atoms with van der Waals surface area (Å²) in [4.78, 5) is 4.03. The third-order valence-corrected chi connectivity index (χ3v) is 2.02. The number of hydrogen-bond donors (Lipinski definition) is 1. The van der Waals surface area contributed by atoms with Gasteiger partial charge in [-0.2, -0.15) is 0 Å². The summed E-state index contributed by atoms with van der Waals surface area (Å²) in [7, 11) is 0. The lowest BCUT2D eigenvalue weighted by Crippen LogP contribution is -1.93. The SMILES string of the molecule is Cc1ncc(N)c(Cl)c1C. The van der Waals surface area contributed by atoms with Crippen LogP contribution in [-0.2, 0) is 0 Å². The molecule has 0 spiro atoms. The lowest BCUT2D eigenvalue weighted by Gasteiger charge is -2.02. The minimum Gasteiger partial charge on any atom is -0.396 e. The largest absolute Gasteiger partial charge is 0.396 e. The lowest BCUT2D eigenvalue weighted by molar-refractivity contribution is 1.15. The zero-order valence-electron chi connectivity index (χ0n) is 5.98. The van der Waals surface area contributed by atoms with Crippen molar-refractivity contribution in [2.45, 2.75) is 13.8 Å². The van der Waals surface area contributed by atoms with Crippen molar-refractivity contribution in [3.05, 3.63) is 22.5 Å². The van der Waals surface area contributed by atoms with Crippen LogP contribution in [0.25, 0.3) is 0 Å². The van der Waals surface area contributed by atoms with Crippen molar-refractivity contribution in [2.24, 2.45) is 0 Å². The molecule has 1 aromatic rings. The number of rotatable bonds is 0. The molecular weight excluding hydrogens is 148 g/mol. The highest BCUT2D eigenvalue weighted by Crippen LogP contribution is 2.22. The van der Waals surface area contributed by atoms with Crippen molar-refractivity contribution in [1.29, 1.82) is 0 Å². The molecule has 0 saturated heterocycles. The van der Waals surface area contributed by atoms with Gasteiger partial charge in [-0.15, -0.1) is 0 Å². The second-order valence-corrected chi connectivity index (χ2v) is 2.62. The molecule has 1 rings (SSSR count). The normalized spacial score (nSPS) is 9.90. The van der Waals surface area contributed by atoms with Gasteiger partial charge in [0.1, 0.15) is 0 Å². The third kappa shape index (κ3) is 1.07. The van der Waals surface area contributed by atoms with Crippen LogP contribution in [0.15, 0.2) is 6.20 Å². The second-order valence-electron chi connectivity index (χ2n) is 2.24. The average Bonchev–Trinajstić information content (AvgIpc) is 1.93. The molecule has 2 N–H and O–H groups in total. The Labute approximate surface area is 65.0 Å². The van der Waals surface area contributed by atoms with Gasteiger partial charge in [-0.05, 0) is 19.4 Å². The maximum absolute atomic E-state index is 5.82. The van der Waals surface area contributed by atoms with Gasteiger partial charge in [0.15, 0.2) is 0 Å². The molecule has 0 radical (unpaired) electrons. The van der Waals surface area contributed by atoms with Crippen molar-refractivity contribution >= 4 is 17.3 Å². The van der Waals surface area contributed by atoms with E-state index in [4.69, 9.17) is 17.3 Å². The molecule has 0 atom stereocenters. The number of anilines is 1. The topological polar surface area (TPSA) is 38.9 Å². The second kappa shape index (κ2) is 2.46. The average molecular weight is 157 g/mol. The molecule has 1 aromatic heterocycles. The molecule has 0 amide bonds. The van der Waals surface area contributed by atoms with E-state index in [2.05, 4.69) is 4.98 Å². The van der Waals surface area contributed by atoms with Crippen LogP contribution in [0.4, 0.5) is 5.69 Å². The summed E-state index contributed by atoms with van der Waals surface area (Å²) in [6, 6.07) is 0. The van der Waals surface area contributed by atoms with E-state index in [0.29, 0.717) is 10.7 Å². The van der Waals surface area contributed by atoms with Crippen LogP contribution in [0.5, 0.6) is 0 Å². The molecule has 54 valence electrons. The van der Waals surface area contributed by atoms with Crippen molar-refractivity contribution in [3.63, 3.8) is 0 Å². The summed E-state index contributed by atoms with van der Waals surface area (Å²) in [6.07, 6.45) is 1.57. The standard InChI is InChI=1S/C7H9ClN2/c1-4-5(2)10-3-6(9)7(4)8/h3H,9H2,1-2H3. The zero-order chi connectivity index (χ0) is 7.72. The van der Waals surface area contributed by atoms with Gasteiger partial charge in [-0.3, -0.25) is 4.98 Å². The van der Waals surface area contributed by atoms with Gasteiger partial charge in [-0.25, -0.2) is 0 Å². The summed E-state index contributed by atoms with van der Waals surface area (Å²) in [6.45, 7) is 3.81. The highest BCUT2D eigenvalue weighted by atomic mass is 35.5. The Morgan fingerprint density at radius 2 is 2.10 bits per heavy atom. The predicted octanol–water partition coefficient (Wildman–Crippen LogP) is 1.93. The molecule has 2 nitrogen and oxygen atoms in total. The summed E-state index contributed by atoms with van der Waals surface area (Å²) < 4.78 is 0. The number of hydrogen-bond acceptors (Lipinski definition) is 2. The first-order valence-corrected chi connectivity index (χ1v) is 3.38. The maximum atomic E-state index is 5.82. The first-order valence-electron chi connectivity index (χ1n) is 3.00. The van der Waals surface area contributed by atoms with Gasteiger partial charge >= 0.3 is 0 Å². The summed E-state index contributed by atoms with van der Waals surface area (Å²) in [5.41, 5.74) is 7.93. The lowest BCUT2D eigenvalue weighted by atomic mass is 10.2. The first kappa shape index (κ1) is 7.35. The molecule has 0 aliphatic rings. The van der Waals surface area contributed by atoms with Crippen LogP contribution in [0, 0.1) is 13.8 Å². The van der Waals surface area contributed by atoms with Gasteiger partial charge in [0, 0.05) is 5.69 Å². The molecule has 0 bridgehead atoms. The van der Waals surface area contributed by atoms with Gasteiger partial charge < -0.3 is 5.73 Å². The van der Waals surface area contributed by atoms with Crippen LogP contribution in [0.2, 0.25) is 5.02 Å². The fourth-order valence-corrected chi connectivity index (χ4v) is 0.881. The molecule has 3 heteroatoms. The van der Waals surface area contributed by atoms with Crippen molar-refractivity contribution < 1.29 is 0 Å². The van der Waals surface area contributed by atoms with Gasteiger partial charge in [0.25, 0.3) is 0 Å². The van der Waals surface area contributed by atoms with Crippen LogP contribution in [0.3, 0.4) is 0 Å². The number of aromatic nitrogens is 1. The zero-order valence-corrected chi connectivity index (χ0v) is 6.74. The fraction of sp³-hybridized carbons (Fsp3) is 0.286. The van der Waals surface area contributed by atoms with E-state index < -0.39 is 0 Å². The molecule has 0 fully saturated rings. The summed E-state index contributed by atoms with van der Waals surface area (Å²) >= 11 is 5.82. The van der Waals surface area contributed by atoms with Gasteiger partial charge in [0.05, 0.1) is 16.9 Å². The molecule has 0 aromatic carbocycles. The van der Waals surface area contributed by atoms with Gasteiger partial charge in [0.2, 0.25) is 0 Å². The monoisotopic (exact) mass is 156 g/mol. The molecular formula is C7H9ClN2. The third-order valence-electron chi connectivity index (χ3n) is 1.52. The number of nitrogens with zero attached hydrogens (tertiary/aromatic N) is 1. The van der Waals surface area contributed by atoms with E-state index in [1.807, 2.05) is 13.8 Å². The fourth-order valence-electron chi connectivity index (χ4n) is 0.695. The van der Waals surface area contributed by atoms with E-state index in [1.54, 1.807) is 6.20 Å². The molecule has 0 aliphatic carbocycles. The number of aryl methyl sites for hydroxylation is 1. The highest BCUT2D eigenvalue weighted by molar-refractivity contribution is 6.33. The Morgan fingerprint density at radius 3 is 2.60 bits per heavy atom. The Bertz CT molecular complexity index is 231. The molecule has 0 saturated carbocycles. The van der Waals surface area contributed by atoms with Crippen molar-refractivity contribution in [1.82, 2.24) is 4.98 Å². The number of nitrogen functional groups attached to an aromatic ring is 1. The van der Waals surface area contributed by atoms with Crippen LogP contribution in [0.1, 0.15) is 11.3 Å². The van der Waals surface area contributed by atoms with E-state index in [0.717, 1.165) is 11.3 Å². The molecule has 10 heavy (non-hydrogen) atoms. The van der Waals surface area contributed by atoms with Crippen LogP contribution in [-0.4, -0.2) is 4.98 Å². The van der Waals surface area contributed by atoms with E-state index in [1.165, 1.54) is 0 Å². The Hall–Kier alpha value is -0.760. The van der Waals surface area contributed by atoms with Gasteiger partial charge in [-0.1, -0.05) is 11.6 Å². The van der Waals surface area contributed by atoms with E-state index in [-0.39, 0.29) is 0 Å². The van der Waals surface area contributed by atoms with E-state index in [9.17, 15) is 0 Å². The molecule has 1 heterocycles. The van der Waals surface area contributed by atoms with E-state index >= 15 is 0 Å². The number of nitrogens with two attached hydrogens (primary N) is 1. The smallest absolute Gasteiger partial charge is 0.0698 e. The minimum atomic E-state index is 0.546. The highest BCUT2D eigenvalue weighted by Gasteiger charge is 2.02.